The summed E-state index contributed by atoms with van der Waals surface area (Å²) in [4.78, 5) is 16.4. The van der Waals surface area contributed by atoms with Crippen molar-refractivity contribution in [1.29, 1.82) is 0 Å². The number of aromatic nitrogens is 3. The van der Waals surface area contributed by atoms with Crippen LogP contribution in [0.1, 0.15) is 42.0 Å². The molecule has 0 radical (unpaired) electrons. The van der Waals surface area contributed by atoms with Crippen LogP contribution in [-0.2, 0) is 11.8 Å². The Bertz CT molecular complexity index is 606. The normalized spacial score (nSPS) is 11.8. The van der Waals surface area contributed by atoms with Crippen LogP contribution in [0.5, 0.6) is 0 Å². The summed E-state index contributed by atoms with van der Waals surface area (Å²) in [7, 11) is 0. The minimum Gasteiger partial charge on any atom is -0.383 e. The van der Waals surface area contributed by atoms with E-state index in [4.69, 9.17) is 5.73 Å². The number of carbonyl (C=O) groups excluding carboxylic acids is 1. The zero-order valence-electron chi connectivity index (χ0n) is 11.6. The number of anilines is 1. The van der Waals surface area contributed by atoms with E-state index in [0.29, 0.717) is 5.82 Å². The maximum absolute atomic E-state index is 12.2. The molecule has 0 saturated heterocycles. The molecule has 2 aromatic heterocycles. The van der Waals surface area contributed by atoms with Crippen molar-refractivity contribution in [2.45, 2.75) is 39.5 Å². The molecule has 0 aliphatic heterocycles. The second-order valence-electron chi connectivity index (χ2n) is 5.54. The Kier molecular flexibility index (Phi) is 3.45. The molecule has 5 nitrogen and oxygen atoms in total. The van der Waals surface area contributed by atoms with E-state index in [-0.39, 0.29) is 17.7 Å². The van der Waals surface area contributed by atoms with Gasteiger partial charge in [0.25, 0.3) is 5.91 Å². The van der Waals surface area contributed by atoms with Gasteiger partial charge in [-0.15, -0.1) is 11.3 Å². The summed E-state index contributed by atoms with van der Waals surface area (Å²) >= 11 is 1.53. The lowest BCUT2D eigenvalue weighted by Crippen LogP contribution is -2.19. The van der Waals surface area contributed by atoms with E-state index in [1.54, 1.807) is 6.07 Å². The molecule has 19 heavy (non-hydrogen) atoms. The Balaban J connectivity index is 2.22. The van der Waals surface area contributed by atoms with Crippen LogP contribution in [0.2, 0.25) is 0 Å². The number of nitrogen functional groups attached to an aromatic ring is 1. The molecule has 0 aliphatic rings. The molecule has 2 aromatic rings. The number of nitrogens with zero attached hydrogens (tertiary/aromatic N) is 3. The van der Waals surface area contributed by atoms with E-state index in [0.717, 1.165) is 16.4 Å². The lowest BCUT2D eigenvalue weighted by atomic mass is 9.92. The highest BCUT2D eigenvalue weighted by Crippen LogP contribution is 2.22. The van der Waals surface area contributed by atoms with Crippen LogP contribution in [0, 0.1) is 6.92 Å². The van der Waals surface area contributed by atoms with Crippen molar-refractivity contribution in [2.24, 2.45) is 0 Å². The van der Waals surface area contributed by atoms with E-state index < -0.39 is 0 Å². The smallest absolute Gasteiger partial charge is 0.254 e. The summed E-state index contributed by atoms with van der Waals surface area (Å²) in [6.45, 7) is 8.02. The fourth-order valence-corrected chi connectivity index (χ4v) is 2.29. The van der Waals surface area contributed by atoms with Crippen molar-refractivity contribution in [3.05, 3.63) is 27.8 Å². The zero-order chi connectivity index (χ0) is 14.2. The quantitative estimate of drug-likeness (QED) is 0.915. The highest BCUT2D eigenvalue weighted by molar-refractivity contribution is 7.09. The summed E-state index contributed by atoms with van der Waals surface area (Å²) in [6, 6.07) is 1.75. The van der Waals surface area contributed by atoms with Crippen molar-refractivity contribution < 1.29 is 4.79 Å². The van der Waals surface area contributed by atoms with Crippen LogP contribution >= 0.6 is 11.3 Å². The summed E-state index contributed by atoms with van der Waals surface area (Å²) in [5.74, 6) is 0.222. The predicted molar refractivity (Wildman–Crippen MR) is 76.5 cm³/mol. The molecular weight excluding hydrogens is 260 g/mol. The number of carbonyl (C=O) groups is 1. The first-order chi connectivity index (χ1) is 8.77. The van der Waals surface area contributed by atoms with Crippen molar-refractivity contribution in [3.8, 4) is 0 Å². The fraction of sp³-hybridized carbons (Fsp3) is 0.462. The van der Waals surface area contributed by atoms with E-state index in [1.165, 1.54) is 16.0 Å². The highest BCUT2D eigenvalue weighted by atomic mass is 32.1. The SMILES string of the molecule is Cc1nc(CC(=O)n2nc(C(C)(C)C)cc2N)cs1. The van der Waals surface area contributed by atoms with Gasteiger partial charge in [-0.25, -0.2) is 4.98 Å². The Hall–Kier alpha value is -1.69. The average molecular weight is 278 g/mol. The molecule has 0 aliphatic carbocycles. The van der Waals surface area contributed by atoms with Gasteiger partial charge < -0.3 is 5.73 Å². The lowest BCUT2D eigenvalue weighted by molar-refractivity contribution is 0.0899. The summed E-state index contributed by atoms with van der Waals surface area (Å²) < 4.78 is 1.27. The van der Waals surface area contributed by atoms with Gasteiger partial charge in [-0.3, -0.25) is 4.79 Å². The first-order valence-corrected chi connectivity index (χ1v) is 6.95. The van der Waals surface area contributed by atoms with Gasteiger partial charge in [0, 0.05) is 16.9 Å². The van der Waals surface area contributed by atoms with Gasteiger partial charge in [-0.1, -0.05) is 20.8 Å². The molecule has 0 aromatic carbocycles. The van der Waals surface area contributed by atoms with Crippen molar-refractivity contribution in [3.63, 3.8) is 0 Å². The summed E-state index contributed by atoms with van der Waals surface area (Å²) in [5, 5.41) is 7.14. The minimum atomic E-state index is -0.154. The lowest BCUT2D eigenvalue weighted by Gasteiger charge is -2.13. The number of hydrogen-bond donors (Lipinski definition) is 1. The van der Waals surface area contributed by atoms with Crippen molar-refractivity contribution in [2.75, 3.05) is 5.73 Å². The van der Waals surface area contributed by atoms with Gasteiger partial charge in [-0.2, -0.15) is 9.78 Å². The van der Waals surface area contributed by atoms with Gasteiger partial charge >= 0.3 is 0 Å². The van der Waals surface area contributed by atoms with E-state index in [2.05, 4.69) is 10.1 Å². The number of thiazole rings is 1. The molecule has 6 heteroatoms. The van der Waals surface area contributed by atoms with E-state index >= 15 is 0 Å². The van der Waals surface area contributed by atoms with Gasteiger partial charge in [0.05, 0.1) is 22.8 Å². The Labute approximate surface area is 116 Å². The summed E-state index contributed by atoms with van der Waals surface area (Å²) in [6.07, 6.45) is 0.222. The Morgan fingerprint density at radius 1 is 1.47 bits per heavy atom. The van der Waals surface area contributed by atoms with E-state index in [9.17, 15) is 4.79 Å². The fourth-order valence-electron chi connectivity index (χ4n) is 1.68. The Morgan fingerprint density at radius 2 is 2.16 bits per heavy atom. The van der Waals surface area contributed by atoms with Gasteiger partial charge in [0.1, 0.15) is 5.82 Å². The molecule has 0 atom stereocenters. The van der Waals surface area contributed by atoms with E-state index in [1.807, 2.05) is 33.1 Å². The molecule has 2 N–H and O–H groups in total. The molecule has 0 fully saturated rings. The first kappa shape index (κ1) is 13.7. The standard InChI is InChI=1S/C13H18N4OS/c1-8-15-9(7-19-8)5-12(18)17-11(14)6-10(16-17)13(2,3)4/h6-7H,5,14H2,1-4H3. The third-order valence-electron chi connectivity index (χ3n) is 2.74. The maximum atomic E-state index is 12.2. The number of hydrogen-bond acceptors (Lipinski definition) is 5. The molecule has 102 valence electrons. The first-order valence-electron chi connectivity index (χ1n) is 6.07. The van der Waals surface area contributed by atoms with Gasteiger partial charge in [0.15, 0.2) is 0 Å². The molecule has 0 bridgehead atoms. The molecule has 2 rings (SSSR count). The van der Waals surface area contributed by atoms with Gasteiger partial charge in [-0.05, 0) is 6.92 Å². The maximum Gasteiger partial charge on any atom is 0.254 e. The molecule has 0 saturated carbocycles. The second-order valence-corrected chi connectivity index (χ2v) is 6.61. The average Bonchev–Trinajstić information content (AvgIpc) is 2.84. The highest BCUT2D eigenvalue weighted by Gasteiger charge is 2.21. The molecule has 0 unspecified atom stereocenters. The molecule has 0 amide bonds. The van der Waals surface area contributed by atoms with Crippen LogP contribution in [-0.4, -0.2) is 20.7 Å². The van der Waals surface area contributed by atoms with Crippen LogP contribution in [0.15, 0.2) is 11.4 Å². The molecule has 0 spiro atoms. The number of aryl methyl sites for hydroxylation is 1. The summed E-state index contributed by atoms with van der Waals surface area (Å²) in [5.41, 5.74) is 7.31. The van der Waals surface area contributed by atoms with Crippen LogP contribution < -0.4 is 5.73 Å². The monoisotopic (exact) mass is 278 g/mol. The zero-order valence-corrected chi connectivity index (χ0v) is 12.4. The third kappa shape index (κ3) is 3.01. The number of rotatable bonds is 2. The molecule has 2 heterocycles. The Morgan fingerprint density at radius 3 is 2.63 bits per heavy atom. The van der Waals surface area contributed by atoms with Crippen LogP contribution in [0.25, 0.3) is 0 Å². The van der Waals surface area contributed by atoms with Crippen molar-refractivity contribution in [1.82, 2.24) is 14.8 Å². The second kappa shape index (κ2) is 4.77. The largest absolute Gasteiger partial charge is 0.383 e. The topological polar surface area (TPSA) is 73.8 Å². The third-order valence-corrected chi connectivity index (χ3v) is 3.56. The van der Waals surface area contributed by atoms with Crippen LogP contribution in [0.4, 0.5) is 5.82 Å². The predicted octanol–water partition coefficient (Wildman–Crippen LogP) is 2.41. The van der Waals surface area contributed by atoms with Crippen molar-refractivity contribution >= 4 is 23.1 Å². The molecular formula is C13H18N4OS. The van der Waals surface area contributed by atoms with Gasteiger partial charge in [0.2, 0.25) is 0 Å². The van der Waals surface area contributed by atoms with Crippen LogP contribution in [0.3, 0.4) is 0 Å². The number of nitrogens with two attached hydrogens (primary N) is 1. The minimum absolute atomic E-state index is 0.128.